The minimum atomic E-state index is -0.209. The smallest absolute Gasteiger partial charge is 0.123 e. The molecular weight excluding hydrogens is 215 g/mol. The Labute approximate surface area is 100 Å². The summed E-state index contributed by atoms with van der Waals surface area (Å²) in [6, 6.07) is 14.4. The third kappa shape index (κ3) is 3.29. The molecule has 2 aromatic rings. The third-order valence-electron chi connectivity index (χ3n) is 2.57. The number of anilines is 1. The van der Waals surface area contributed by atoms with Crippen molar-refractivity contribution in [2.75, 3.05) is 5.32 Å². The molecule has 0 heterocycles. The van der Waals surface area contributed by atoms with Crippen LogP contribution in [-0.4, -0.2) is 0 Å². The molecule has 0 aliphatic heterocycles. The first-order chi connectivity index (χ1) is 8.28. The molecule has 0 aliphatic carbocycles. The lowest BCUT2D eigenvalue weighted by Gasteiger charge is -2.07. The highest BCUT2D eigenvalue weighted by Crippen LogP contribution is 2.12. The number of benzene rings is 2. The van der Waals surface area contributed by atoms with E-state index in [0.717, 1.165) is 16.8 Å². The minimum Gasteiger partial charge on any atom is -0.381 e. The van der Waals surface area contributed by atoms with Crippen molar-refractivity contribution >= 4 is 5.69 Å². The summed E-state index contributed by atoms with van der Waals surface area (Å²) in [5, 5.41) is 3.28. The molecule has 0 bridgehead atoms. The zero-order chi connectivity index (χ0) is 12.1. The number of nitrogens with one attached hydrogen (secondary N) is 1. The first-order valence-corrected chi connectivity index (χ1v) is 5.55. The van der Waals surface area contributed by atoms with Crippen LogP contribution < -0.4 is 11.1 Å². The molecule has 0 unspecified atom stereocenters. The number of nitrogens with two attached hydrogens (primary N) is 1. The van der Waals surface area contributed by atoms with Crippen LogP contribution in [0.3, 0.4) is 0 Å². The van der Waals surface area contributed by atoms with Crippen molar-refractivity contribution in [1.29, 1.82) is 0 Å². The van der Waals surface area contributed by atoms with Gasteiger partial charge >= 0.3 is 0 Å². The van der Waals surface area contributed by atoms with E-state index in [-0.39, 0.29) is 5.82 Å². The van der Waals surface area contributed by atoms with Gasteiger partial charge in [-0.15, -0.1) is 0 Å². The highest BCUT2D eigenvalue weighted by atomic mass is 19.1. The Kier molecular flexibility index (Phi) is 3.73. The molecule has 0 aromatic heterocycles. The van der Waals surface area contributed by atoms with Crippen LogP contribution in [0.1, 0.15) is 11.1 Å². The van der Waals surface area contributed by atoms with Crippen LogP contribution in [0.15, 0.2) is 48.5 Å². The van der Waals surface area contributed by atoms with Gasteiger partial charge < -0.3 is 11.1 Å². The third-order valence-corrected chi connectivity index (χ3v) is 2.57. The van der Waals surface area contributed by atoms with E-state index in [9.17, 15) is 4.39 Å². The van der Waals surface area contributed by atoms with Gasteiger partial charge in [0, 0.05) is 18.8 Å². The van der Waals surface area contributed by atoms with Gasteiger partial charge in [-0.3, -0.25) is 0 Å². The molecule has 0 saturated heterocycles. The lowest BCUT2D eigenvalue weighted by molar-refractivity contribution is 0.627. The Balaban J connectivity index is 1.99. The van der Waals surface area contributed by atoms with Crippen molar-refractivity contribution < 1.29 is 4.39 Å². The summed E-state index contributed by atoms with van der Waals surface area (Å²) in [6.45, 7) is 1.21. The molecule has 0 amide bonds. The highest BCUT2D eigenvalue weighted by Gasteiger charge is 1.96. The van der Waals surface area contributed by atoms with Crippen LogP contribution in [0, 0.1) is 5.82 Å². The van der Waals surface area contributed by atoms with Crippen LogP contribution in [0.4, 0.5) is 10.1 Å². The second-order valence-corrected chi connectivity index (χ2v) is 3.88. The van der Waals surface area contributed by atoms with Gasteiger partial charge in [-0.05, 0) is 35.4 Å². The van der Waals surface area contributed by atoms with E-state index < -0.39 is 0 Å². The Morgan fingerprint density at radius 3 is 2.47 bits per heavy atom. The highest BCUT2D eigenvalue weighted by molar-refractivity contribution is 5.46. The van der Waals surface area contributed by atoms with Crippen molar-refractivity contribution in [3.63, 3.8) is 0 Å². The average Bonchev–Trinajstić information content (AvgIpc) is 2.38. The van der Waals surface area contributed by atoms with E-state index in [1.807, 2.05) is 24.3 Å². The van der Waals surface area contributed by atoms with Crippen molar-refractivity contribution in [3.8, 4) is 0 Å². The maximum atomic E-state index is 12.7. The Morgan fingerprint density at radius 1 is 1.00 bits per heavy atom. The van der Waals surface area contributed by atoms with Crippen molar-refractivity contribution in [2.45, 2.75) is 13.1 Å². The molecular formula is C14H15FN2. The monoisotopic (exact) mass is 230 g/mol. The summed E-state index contributed by atoms with van der Waals surface area (Å²) in [5.41, 5.74) is 8.74. The average molecular weight is 230 g/mol. The van der Waals surface area contributed by atoms with Gasteiger partial charge in [-0.1, -0.05) is 24.3 Å². The fourth-order valence-electron chi connectivity index (χ4n) is 1.61. The lowest BCUT2D eigenvalue weighted by atomic mass is 10.2. The van der Waals surface area contributed by atoms with Gasteiger partial charge in [-0.25, -0.2) is 4.39 Å². The van der Waals surface area contributed by atoms with E-state index in [4.69, 9.17) is 5.73 Å². The number of rotatable bonds is 4. The molecule has 0 aliphatic rings. The lowest BCUT2D eigenvalue weighted by Crippen LogP contribution is -2.01. The zero-order valence-electron chi connectivity index (χ0n) is 9.49. The summed E-state index contributed by atoms with van der Waals surface area (Å²) < 4.78 is 12.7. The minimum absolute atomic E-state index is 0.209. The van der Waals surface area contributed by atoms with E-state index in [2.05, 4.69) is 5.32 Å². The summed E-state index contributed by atoms with van der Waals surface area (Å²) >= 11 is 0. The quantitative estimate of drug-likeness (QED) is 0.847. The fourth-order valence-corrected chi connectivity index (χ4v) is 1.61. The Morgan fingerprint density at radius 2 is 1.76 bits per heavy atom. The summed E-state index contributed by atoms with van der Waals surface area (Å²) in [5.74, 6) is -0.209. The zero-order valence-corrected chi connectivity index (χ0v) is 9.49. The van der Waals surface area contributed by atoms with Crippen LogP contribution in [-0.2, 0) is 13.1 Å². The number of hydrogen-bond acceptors (Lipinski definition) is 2. The van der Waals surface area contributed by atoms with E-state index >= 15 is 0 Å². The van der Waals surface area contributed by atoms with Crippen LogP contribution in [0.2, 0.25) is 0 Å². The SMILES string of the molecule is NCc1cccc(NCc2ccc(F)cc2)c1. The molecule has 2 rings (SSSR count). The molecule has 2 nitrogen and oxygen atoms in total. The van der Waals surface area contributed by atoms with Crippen molar-refractivity contribution in [3.05, 3.63) is 65.5 Å². The van der Waals surface area contributed by atoms with Gasteiger partial charge in [0.25, 0.3) is 0 Å². The number of halogens is 1. The Bertz CT molecular complexity index is 480. The van der Waals surface area contributed by atoms with Crippen LogP contribution >= 0.6 is 0 Å². The normalized spacial score (nSPS) is 10.2. The molecule has 88 valence electrons. The summed E-state index contributed by atoms with van der Waals surface area (Å²) in [6.07, 6.45) is 0. The molecule has 0 atom stereocenters. The predicted molar refractivity (Wildman–Crippen MR) is 68.1 cm³/mol. The van der Waals surface area contributed by atoms with E-state index in [0.29, 0.717) is 13.1 Å². The van der Waals surface area contributed by atoms with Gasteiger partial charge in [0.2, 0.25) is 0 Å². The molecule has 17 heavy (non-hydrogen) atoms. The molecule has 0 fully saturated rings. The van der Waals surface area contributed by atoms with Gasteiger partial charge in [0.05, 0.1) is 0 Å². The topological polar surface area (TPSA) is 38.0 Å². The molecule has 3 heteroatoms. The molecule has 0 spiro atoms. The van der Waals surface area contributed by atoms with Gasteiger partial charge in [-0.2, -0.15) is 0 Å². The second-order valence-electron chi connectivity index (χ2n) is 3.88. The maximum Gasteiger partial charge on any atom is 0.123 e. The molecule has 2 aromatic carbocycles. The number of hydrogen-bond donors (Lipinski definition) is 2. The van der Waals surface area contributed by atoms with Crippen molar-refractivity contribution in [2.24, 2.45) is 5.73 Å². The van der Waals surface area contributed by atoms with Crippen LogP contribution in [0.5, 0.6) is 0 Å². The van der Waals surface area contributed by atoms with Gasteiger partial charge in [0.15, 0.2) is 0 Å². The van der Waals surface area contributed by atoms with Crippen molar-refractivity contribution in [1.82, 2.24) is 0 Å². The first-order valence-electron chi connectivity index (χ1n) is 5.55. The maximum absolute atomic E-state index is 12.7. The first kappa shape index (κ1) is 11.6. The largest absolute Gasteiger partial charge is 0.381 e. The Hall–Kier alpha value is -1.87. The molecule has 0 radical (unpaired) electrons. The second kappa shape index (κ2) is 5.46. The van der Waals surface area contributed by atoms with E-state index in [1.54, 1.807) is 12.1 Å². The standard InChI is InChI=1S/C14H15FN2/c15-13-6-4-11(5-7-13)10-17-14-3-1-2-12(8-14)9-16/h1-8,17H,9-10,16H2. The summed E-state index contributed by atoms with van der Waals surface area (Å²) in [7, 11) is 0. The van der Waals surface area contributed by atoms with Gasteiger partial charge in [0.1, 0.15) is 5.82 Å². The fraction of sp³-hybridized carbons (Fsp3) is 0.143. The van der Waals surface area contributed by atoms with E-state index in [1.165, 1.54) is 12.1 Å². The predicted octanol–water partition coefficient (Wildman–Crippen LogP) is 2.90. The molecule has 3 N–H and O–H groups in total. The summed E-state index contributed by atoms with van der Waals surface area (Å²) in [4.78, 5) is 0. The molecule has 0 saturated carbocycles. The van der Waals surface area contributed by atoms with Crippen LogP contribution in [0.25, 0.3) is 0 Å².